The van der Waals surface area contributed by atoms with Crippen LogP contribution in [0.5, 0.6) is 0 Å². The zero-order chi connectivity index (χ0) is 13.8. The van der Waals surface area contributed by atoms with Crippen molar-refractivity contribution in [3.8, 4) is 0 Å². The van der Waals surface area contributed by atoms with Crippen molar-refractivity contribution in [3.63, 3.8) is 0 Å². The van der Waals surface area contributed by atoms with Gasteiger partial charge in [0.15, 0.2) is 0 Å². The van der Waals surface area contributed by atoms with Crippen LogP contribution in [0.1, 0.15) is 24.2 Å². The molecule has 1 N–H and O–H groups in total. The molecular weight excluding hydrogens is 243 g/mol. The topological polar surface area (TPSA) is 36.4 Å². The molecule has 1 atom stereocenters. The van der Waals surface area contributed by atoms with Gasteiger partial charge in [-0.2, -0.15) is 0 Å². The highest BCUT2D eigenvalue weighted by Gasteiger charge is 2.08. The van der Waals surface area contributed by atoms with Crippen molar-refractivity contribution in [2.45, 2.75) is 19.6 Å². The first kappa shape index (κ1) is 13.5. The van der Waals surface area contributed by atoms with Crippen molar-refractivity contribution >= 4 is 5.82 Å². The molecule has 0 fully saturated rings. The van der Waals surface area contributed by atoms with Crippen molar-refractivity contribution in [3.05, 3.63) is 59.5 Å². The van der Waals surface area contributed by atoms with E-state index in [1.165, 1.54) is 6.07 Å². The third-order valence-corrected chi connectivity index (χ3v) is 3.01. The van der Waals surface area contributed by atoms with Crippen LogP contribution < -0.4 is 4.90 Å². The SMILES string of the molecule is C[C@H](O)c1ccc(N(C)Cc2ccccc2F)nc1. The Balaban J connectivity index is 2.12. The van der Waals surface area contributed by atoms with Gasteiger partial charge in [-0.25, -0.2) is 9.37 Å². The lowest BCUT2D eigenvalue weighted by Gasteiger charge is -2.19. The lowest BCUT2D eigenvalue weighted by Crippen LogP contribution is -2.18. The fourth-order valence-electron chi connectivity index (χ4n) is 1.83. The fraction of sp³-hybridized carbons (Fsp3) is 0.267. The summed E-state index contributed by atoms with van der Waals surface area (Å²) in [6.45, 7) is 2.15. The van der Waals surface area contributed by atoms with E-state index in [0.717, 1.165) is 11.4 Å². The van der Waals surface area contributed by atoms with Crippen molar-refractivity contribution < 1.29 is 9.50 Å². The van der Waals surface area contributed by atoms with E-state index in [9.17, 15) is 9.50 Å². The highest BCUT2D eigenvalue weighted by molar-refractivity contribution is 5.40. The van der Waals surface area contributed by atoms with Crippen LogP contribution in [0.3, 0.4) is 0 Å². The molecule has 3 nitrogen and oxygen atoms in total. The standard InChI is InChI=1S/C15H17FN2O/c1-11(19)12-7-8-15(17-9-12)18(2)10-13-5-3-4-6-14(13)16/h3-9,11,19H,10H2,1-2H3/t11-/m0/s1. The molecule has 0 aliphatic heterocycles. The normalized spacial score (nSPS) is 12.2. The molecule has 0 aliphatic carbocycles. The summed E-state index contributed by atoms with van der Waals surface area (Å²) in [4.78, 5) is 6.13. The number of aliphatic hydroxyl groups is 1. The Labute approximate surface area is 112 Å². The van der Waals surface area contributed by atoms with Crippen LogP contribution in [0.25, 0.3) is 0 Å². The first-order valence-corrected chi connectivity index (χ1v) is 6.16. The van der Waals surface area contributed by atoms with Gasteiger partial charge in [0.1, 0.15) is 11.6 Å². The molecule has 2 rings (SSSR count). The van der Waals surface area contributed by atoms with E-state index in [2.05, 4.69) is 4.98 Å². The highest BCUT2D eigenvalue weighted by atomic mass is 19.1. The Kier molecular flexibility index (Phi) is 4.12. The van der Waals surface area contributed by atoms with Gasteiger partial charge in [-0.15, -0.1) is 0 Å². The Morgan fingerprint density at radius 3 is 2.58 bits per heavy atom. The molecule has 0 amide bonds. The second-order valence-electron chi connectivity index (χ2n) is 4.57. The summed E-state index contributed by atoms with van der Waals surface area (Å²) < 4.78 is 13.6. The fourth-order valence-corrected chi connectivity index (χ4v) is 1.83. The summed E-state index contributed by atoms with van der Waals surface area (Å²) in [6.07, 6.45) is 1.11. The number of rotatable bonds is 4. The van der Waals surface area contributed by atoms with E-state index in [0.29, 0.717) is 12.1 Å². The summed E-state index contributed by atoms with van der Waals surface area (Å²) in [7, 11) is 1.86. The number of aromatic nitrogens is 1. The van der Waals surface area contributed by atoms with Gasteiger partial charge >= 0.3 is 0 Å². The Morgan fingerprint density at radius 1 is 1.26 bits per heavy atom. The minimum Gasteiger partial charge on any atom is -0.389 e. The van der Waals surface area contributed by atoms with Gasteiger partial charge in [0.05, 0.1) is 6.10 Å². The average Bonchev–Trinajstić information content (AvgIpc) is 2.41. The third kappa shape index (κ3) is 3.29. The van der Waals surface area contributed by atoms with Crippen molar-refractivity contribution in [1.29, 1.82) is 0 Å². The third-order valence-electron chi connectivity index (χ3n) is 3.01. The summed E-state index contributed by atoms with van der Waals surface area (Å²) >= 11 is 0. The molecule has 0 saturated heterocycles. The van der Waals surface area contributed by atoms with Gasteiger partial charge in [-0.1, -0.05) is 24.3 Å². The molecule has 100 valence electrons. The molecule has 1 aromatic carbocycles. The second kappa shape index (κ2) is 5.80. The number of pyridine rings is 1. The van der Waals surface area contributed by atoms with E-state index in [-0.39, 0.29) is 5.82 Å². The van der Waals surface area contributed by atoms with Crippen LogP contribution >= 0.6 is 0 Å². The van der Waals surface area contributed by atoms with Gasteiger partial charge in [-0.3, -0.25) is 0 Å². The minimum atomic E-state index is -0.529. The maximum atomic E-state index is 13.6. The molecule has 19 heavy (non-hydrogen) atoms. The van der Waals surface area contributed by atoms with Crippen molar-refractivity contribution in [1.82, 2.24) is 4.98 Å². The van der Waals surface area contributed by atoms with Crippen LogP contribution in [0.4, 0.5) is 10.2 Å². The minimum absolute atomic E-state index is 0.213. The summed E-state index contributed by atoms with van der Waals surface area (Å²) in [5.74, 6) is 0.530. The number of benzene rings is 1. The maximum Gasteiger partial charge on any atom is 0.128 e. The molecule has 1 heterocycles. The van der Waals surface area contributed by atoms with E-state index >= 15 is 0 Å². The lowest BCUT2D eigenvalue weighted by atomic mass is 10.2. The molecule has 1 aromatic heterocycles. The Morgan fingerprint density at radius 2 is 2.00 bits per heavy atom. The van der Waals surface area contributed by atoms with Gasteiger partial charge < -0.3 is 10.0 Å². The Hall–Kier alpha value is -1.94. The molecular formula is C15H17FN2O. The molecule has 0 bridgehead atoms. The van der Waals surface area contributed by atoms with Crippen LogP contribution in [0.2, 0.25) is 0 Å². The number of aliphatic hydroxyl groups excluding tert-OH is 1. The van der Waals surface area contributed by atoms with E-state index in [4.69, 9.17) is 0 Å². The summed E-state index contributed by atoms with van der Waals surface area (Å²) in [5, 5.41) is 9.42. The first-order valence-electron chi connectivity index (χ1n) is 6.16. The number of anilines is 1. The van der Waals surface area contributed by atoms with Gasteiger partial charge in [0.25, 0.3) is 0 Å². The van der Waals surface area contributed by atoms with Crippen LogP contribution in [0, 0.1) is 5.82 Å². The number of hydrogen-bond donors (Lipinski definition) is 1. The van der Waals surface area contributed by atoms with E-state index in [1.54, 1.807) is 25.3 Å². The van der Waals surface area contributed by atoms with E-state index in [1.807, 2.05) is 30.1 Å². The molecule has 0 spiro atoms. The number of halogens is 1. The van der Waals surface area contributed by atoms with Crippen molar-refractivity contribution in [2.75, 3.05) is 11.9 Å². The molecule has 0 aliphatic rings. The highest BCUT2D eigenvalue weighted by Crippen LogP contribution is 2.17. The zero-order valence-corrected chi connectivity index (χ0v) is 11.0. The molecule has 0 saturated carbocycles. The van der Waals surface area contributed by atoms with Crippen molar-refractivity contribution in [2.24, 2.45) is 0 Å². The van der Waals surface area contributed by atoms with Gasteiger partial charge in [0, 0.05) is 25.4 Å². The lowest BCUT2D eigenvalue weighted by molar-refractivity contribution is 0.199. The summed E-state index contributed by atoms with van der Waals surface area (Å²) in [6, 6.07) is 10.3. The summed E-state index contributed by atoms with van der Waals surface area (Å²) in [5.41, 5.74) is 1.40. The second-order valence-corrected chi connectivity index (χ2v) is 4.57. The zero-order valence-electron chi connectivity index (χ0n) is 11.0. The number of hydrogen-bond acceptors (Lipinski definition) is 3. The molecule has 0 radical (unpaired) electrons. The molecule has 4 heteroatoms. The molecule has 2 aromatic rings. The predicted octanol–water partition coefficient (Wildman–Crippen LogP) is 2.91. The quantitative estimate of drug-likeness (QED) is 0.918. The monoisotopic (exact) mass is 260 g/mol. The number of nitrogens with zero attached hydrogens (tertiary/aromatic N) is 2. The molecule has 0 unspecified atom stereocenters. The first-order chi connectivity index (χ1) is 9.08. The maximum absolute atomic E-state index is 13.6. The van der Waals surface area contributed by atoms with Crippen LogP contribution in [-0.2, 0) is 6.54 Å². The van der Waals surface area contributed by atoms with E-state index < -0.39 is 6.10 Å². The van der Waals surface area contributed by atoms with Gasteiger partial charge in [0.2, 0.25) is 0 Å². The Bertz CT molecular complexity index is 540. The smallest absolute Gasteiger partial charge is 0.128 e. The predicted molar refractivity (Wildman–Crippen MR) is 73.4 cm³/mol. The average molecular weight is 260 g/mol. The van der Waals surface area contributed by atoms with Crippen LogP contribution in [-0.4, -0.2) is 17.1 Å². The largest absolute Gasteiger partial charge is 0.389 e. The van der Waals surface area contributed by atoms with Gasteiger partial charge in [-0.05, 0) is 24.6 Å². The van der Waals surface area contributed by atoms with Crippen LogP contribution in [0.15, 0.2) is 42.6 Å².